The van der Waals surface area contributed by atoms with E-state index in [4.69, 9.17) is 23.2 Å². The summed E-state index contributed by atoms with van der Waals surface area (Å²) in [5, 5.41) is 7.69. The van der Waals surface area contributed by atoms with Gasteiger partial charge in [0.1, 0.15) is 11.6 Å². The van der Waals surface area contributed by atoms with E-state index in [2.05, 4.69) is 34.6 Å². The molecule has 1 aromatic rings. The highest BCUT2D eigenvalue weighted by molar-refractivity contribution is 6.37. The van der Waals surface area contributed by atoms with Gasteiger partial charge in [-0.3, -0.25) is 0 Å². The summed E-state index contributed by atoms with van der Waals surface area (Å²) in [6.07, 6.45) is 4.98. The maximum atomic E-state index is 6.26. The lowest BCUT2D eigenvalue weighted by molar-refractivity contribution is 0.172. The Bertz CT molecular complexity index is 485. The Balaban J connectivity index is 2.13. The fourth-order valence-corrected chi connectivity index (χ4v) is 3.44. The van der Waals surface area contributed by atoms with Crippen LogP contribution >= 0.6 is 23.2 Å². The average molecular weight is 331 g/mol. The van der Waals surface area contributed by atoms with E-state index < -0.39 is 0 Å². The van der Waals surface area contributed by atoms with E-state index in [0.29, 0.717) is 21.7 Å². The van der Waals surface area contributed by atoms with Gasteiger partial charge in [-0.2, -0.15) is 0 Å². The Labute approximate surface area is 137 Å². The van der Waals surface area contributed by atoms with E-state index in [9.17, 15) is 0 Å². The van der Waals surface area contributed by atoms with Crippen LogP contribution < -0.4 is 10.6 Å². The SMILES string of the molecule is CCNc1nc(NCC2(N(C)C)CCCC2)c(Cl)cc1Cl. The summed E-state index contributed by atoms with van der Waals surface area (Å²) in [4.78, 5) is 6.83. The summed E-state index contributed by atoms with van der Waals surface area (Å²) in [7, 11) is 4.29. The van der Waals surface area contributed by atoms with Crippen LogP contribution in [-0.4, -0.2) is 42.6 Å². The standard InChI is InChI=1S/C15H24Cl2N4/c1-4-18-13-11(16)9-12(17)14(20-13)19-10-15(21(2)3)7-5-6-8-15/h9H,4-8,10H2,1-3H3,(H2,18,19,20). The highest BCUT2D eigenvalue weighted by Crippen LogP contribution is 2.35. The summed E-state index contributed by atoms with van der Waals surface area (Å²) in [6.45, 7) is 3.63. The lowest BCUT2D eigenvalue weighted by Gasteiger charge is -2.36. The Morgan fingerprint density at radius 3 is 2.24 bits per heavy atom. The summed E-state index contributed by atoms with van der Waals surface area (Å²) in [5.74, 6) is 1.38. The van der Waals surface area contributed by atoms with Crippen molar-refractivity contribution in [1.82, 2.24) is 9.88 Å². The molecule has 1 aromatic heterocycles. The van der Waals surface area contributed by atoms with Crippen LogP contribution in [0.15, 0.2) is 6.07 Å². The minimum absolute atomic E-state index is 0.197. The van der Waals surface area contributed by atoms with E-state index in [1.54, 1.807) is 6.07 Å². The van der Waals surface area contributed by atoms with E-state index in [0.717, 1.165) is 13.1 Å². The number of halogens is 2. The van der Waals surface area contributed by atoms with Crippen LogP contribution in [0.5, 0.6) is 0 Å². The molecule has 1 fully saturated rings. The van der Waals surface area contributed by atoms with Gasteiger partial charge in [0.2, 0.25) is 0 Å². The second-order valence-electron chi connectivity index (χ2n) is 5.86. The Hall–Kier alpha value is -0.710. The van der Waals surface area contributed by atoms with Crippen LogP contribution in [0.2, 0.25) is 10.0 Å². The summed E-state index contributed by atoms with van der Waals surface area (Å²) < 4.78 is 0. The molecule has 1 aliphatic rings. The first-order valence-corrected chi connectivity index (χ1v) is 8.25. The Morgan fingerprint density at radius 1 is 1.14 bits per heavy atom. The minimum Gasteiger partial charge on any atom is -0.369 e. The molecule has 1 heterocycles. The van der Waals surface area contributed by atoms with Gasteiger partial charge in [0.25, 0.3) is 0 Å². The third kappa shape index (κ3) is 3.74. The van der Waals surface area contributed by atoms with Gasteiger partial charge in [-0.1, -0.05) is 36.0 Å². The maximum Gasteiger partial charge on any atom is 0.147 e. The van der Waals surface area contributed by atoms with Gasteiger partial charge in [0, 0.05) is 18.6 Å². The lowest BCUT2D eigenvalue weighted by atomic mass is 9.96. The maximum absolute atomic E-state index is 6.26. The third-order valence-electron chi connectivity index (χ3n) is 4.34. The molecule has 4 nitrogen and oxygen atoms in total. The van der Waals surface area contributed by atoms with E-state index in [1.165, 1.54) is 25.7 Å². The molecule has 2 N–H and O–H groups in total. The smallest absolute Gasteiger partial charge is 0.147 e. The number of anilines is 2. The zero-order valence-corrected chi connectivity index (χ0v) is 14.5. The number of rotatable bonds is 6. The minimum atomic E-state index is 0.197. The van der Waals surface area contributed by atoms with Crippen molar-refractivity contribution < 1.29 is 0 Å². The van der Waals surface area contributed by atoms with Gasteiger partial charge >= 0.3 is 0 Å². The van der Waals surface area contributed by atoms with Gasteiger partial charge < -0.3 is 15.5 Å². The van der Waals surface area contributed by atoms with Gasteiger partial charge in [0.05, 0.1) is 10.0 Å². The first kappa shape index (κ1) is 16.7. The van der Waals surface area contributed by atoms with Crippen molar-refractivity contribution in [2.75, 3.05) is 37.8 Å². The first-order chi connectivity index (χ1) is 9.98. The van der Waals surface area contributed by atoms with Gasteiger partial charge in [-0.05, 0) is 39.9 Å². The number of nitrogens with zero attached hydrogens (tertiary/aromatic N) is 2. The number of hydrogen-bond donors (Lipinski definition) is 2. The molecule has 0 unspecified atom stereocenters. The van der Waals surface area contributed by atoms with Crippen molar-refractivity contribution in [2.24, 2.45) is 0 Å². The zero-order valence-electron chi connectivity index (χ0n) is 13.0. The van der Waals surface area contributed by atoms with E-state index in [1.807, 2.05) is 6.92 Å². The van der Waals surface area contributed by atoms with Crippen molar-refractivity contribution in [3.05, 3.63) is 16.1 Å². The normalized spacial score (nSPS) is 17.2. The van der Waals surface area contributed by atoms with E-state index >= 15 is 0 Å². The molecule has 0 bridgehead atoms. The molecule has 2 rings (SSSR count). The van der Waals surface area contributed by atoms with Gasteiger partial charge in [0.15, 0.2) is 0 Å². The lowest BCUT2D eigenvalue weighted by Crippen LogP contribution is -2.47. The average Bonchev–Trinajstić information content (AvgIpc) is 2.91. The molecule has 1 aliphatic carbocycles. The van der Waals surface area contributed by atoms with Crippen molar-refractivity contribution in [3.63, 3.8) is 0 Å². The predicted molar refractivity (Wildman–Crippen MR) is 91.8 cm³/mol. The quantitative estimate of drug-likeness (QED) is 0.823. The van der Waals surface area contributed by atoms with Crippen LogP contribution in [0, 0.1) is 0 Å². The molecule has 0 radical (unpaired) electrons. The molecule has 21 heavy (non-hydrogen) atoms. The first-order valence-electron chi connectivity index (χ1n) is 7.50. The number of hydrogen-bond acceptors (Lipinski definition) is 4. The topological polar surface area (TPSA) is 40.2 Å². The fourth-order valence-electron chi connectivity index (χ4n) is 2.95. The van der Waals surface area contributed by atoms with Gasteiger partial charge in [-0.15, -0.1) is 0 Å². The Kier molecular flexibility index (Phi) is 5.58. The van der Waals surface area contributed by atoms with Crippen LogP contribution in [-0.2, 0) is 0 Å². The van der Waals surface area contributed by atoms with Crippen LogP contribution in [0.1, 0.15) is 32.6 Å². The number of aromatic nitrogens is 1. The number of pyridine rings is 1. The second-order valence-corrected chi connectivity index (χ2v) is 6.67. The van der Waals surface area contributed by atoms with Crippen LogP contribution in [0.3, 0.4) is 0 Å². The summed E-state index contributed by atoms with van der Waals surface area (Å²) >= 11 is 12.4. The van der Waals surface area contributed by atoms with Crippen LogP contribution in [0.25, 0.3) is 0 Å². The fraction of sp³-hybridized carbons (Fsp3) is 0.667. The van der Waals surface area contributed by atoms with Crippen molar-refractivity contribution in [2.45, 2.75) is 38.1 Å². The highest BCUT2D eigenvalue weighted by atomic mass is 35.5. The predicted octanol–water partition coefficient (Wildman–Crippen LogP) is 4.11. The molecular weight excluding hydrogens is 307 g/mol. The highest BCUT2D eigenvalue weighted by Gasteiger charge is 2.35. The molecule has 0 atom stereocenters. The van der Waals surface area contributed by atoms with E-state index in [-0.39, 0.29) is 5.54 Å². The Morgan fingerprint density at radius 2 is 1.71 bits per heavy atom. The van der Waals surface area contributed by atoms with Crippen LogP contribution in [0.4, 0.5) is 11.6 Å². The molecule has 0 saturated heterocycles. The van der Waals surface area contributed by atoms with Crippen molar-refractivity contribution in [1.29, 1.82) is 0 Å². The van der Waals surface area contributed by atoms with Crippen molar-refractivity contribution in [3.8, 4) is 0 Å². The molecule has 0 aliphatic heterocycles. The molecule has 0 aromatic carbocycles. The second kappa shape index (κ2) is 7.03. The molecule has 6 heteroatoms. The molecule has 118 valence electrons. The molecule has 0 spiro atoms. The largest absolute Gasteiger partial charge is 0.369 e. The summed E-state index contributed by atoms with van der Waals surface area (Å²) in [5.41, 5.74) is 0.197. The van der Waals surface area contributed by atoms with Crippen molar-refractivity contribution >= 4 is 34.8 Å². The monoisotopic (exact) mass is 330 g/mol. The zero-order chi connectivity index (χ0) is 15.5. The number of likely N-dealkylation sites (N-methyl/N-ethyl adjacent to an activating group) is 1. The number of nitrogens with one attached hydrogen (secondary N) is 2. The summed E-state index contributed by atoms with van der Waals surface area (Å²) in [6, 6.07) is 1.74. The molecule has 1 saturated carbocycles. The van der Waals surface area contributed by atoms with Gasteiger partial charge in [-0.25, -0.2) is 4.98 Å². The molecule has 0 amide bonds. The third-order valence-corrected chi connectivity index (χ3v) is 4.92. The molecular formula is C15H24Cl2N4.